The standard InChI is InChI=1S/C11H20O2.C4H8OS/c1-8(2)10-5-4-9(3)6-11(10)13-7-12;1-4-2-6-3-5-4/h7-11H,4-6H2,1-3H3;4H,2-3H2,1H3/t9?,10-,11?;/m0./s1. The van der Waals surface area contributed by atoms with Crippen LogP contribution in [0, 0.1) is 17.8 Å². The van der Waals surface area contributed by atoms with Crippen LogP contribution in [0.3, 0.4) is 0 Å². The Labute approximate surface area is 121 Å². The molecule has 2 aliphatic rings. The number of rotatable bonds is 3. The molecule has 0 aromatic rings. The predicted molar refractivity (Wildman–Crippen MR) is 80.2 cm³/mol. The number of ether oxygens (including phenoxy) is 2. The van der Waals surface area contributed by atoms with E-state index in [4.69, 9.17) is 9.47 Å². The van der Waals surface area contributed by atoms with Crippen LogP contribution < -0.4 is 0 Å². The van der Waals surface area contributed by atoms with Gasteiger partial charge in [-0.25, -0.2) is 0 Å². The van der Waals surface area contributed by atoms with Crippen molar-refractivity contribution < 1.29 is 14.3 Å². The van der Waals surface area contributed by atoms with Crippen molar-refractivity contribution in [2.24, 2.45) is 17.8 Å². The Morgan fingerprint density at radius 3 is 2.47 bits per heavy atom. The van der Waals surface area contributed by atoms with E-state index in [1.165, 1.54) is 18.6 Å². The maximum Gasteiger partial charge on any atom is 0.293 e. The maximum atomic E-state index is 10.3. The third-order valence-corrected chi connectivity index (χ3v) is 4.99. The molecular weight excluding hydrogens is 260 g/mol. The Kier molecular flexibility index (Phi) is 7.84. The summed E-state index contributed by atoms with van der Waals surface area (Å²) in [7, 11) is 0. The normalized spacial score (nSPS) is 34.6. The molecule has 0 radical (unpaired) electrons. The van der Waals surface area contributed by atoms with Crippen LogP contribution >= 0.6 is 11.8 Å². The molecule has 0 amide bonds. The monoisotopic (exact) mass is 288 g/mol. The smallest absolute Gasteiger partial charge is 0.293 e. The number of hydrogen-bond donors (Lipinski definition) is 0. The zero-order valence-corrected chi connectivity index (χ0v) is 13.4. The minimum Gasteiger partial charge on any atom is -0.464 e. The van der Waals surface area contributed by atoms with Gasteiger partial charge < -0.3 is 9.47 Å². The Morgan fingerprint density at radius 1 is 1.32 bits per heavy atom. The molecule has 2 rings (SSSR count). The van der Waals surface area contributed by atoms with Gasteiger partial charge >= 0.3 is 0 Å². The lowest BCUT2D eigenvalue weighted by atomic mass is 9.75. The van der Waals surface area contributed by atoms with Gasteiger partial charge in [-0.05, 0) is 37.5 Å². The zero-order valence-electron chi connectivity index (χ0n) is 12.6. The summed E-state index contributed by atoms with van der Waals surface area (Å²) in [5, 5.41) is 0. The SMILES string of the molecule is CC1CC[C@@H](C(C)C)C(OC=O)C1.CC1CSCO1. The largest absolute Gasteiger partial charge is 0.464 e. The number of thioether (sulfide) groups is 1. The first kappa shape index (κ1) is 16.8. The first-order valence-corrected chi connectivity index (χ1v) is 8.48. The van der Waals surface area contributed by atoms with E-state index in [9.17, 15) is 4.79 Å². The minimum atomic E-state index is 0.168. The van der Waals surface area contributed by atoms with Gasteiger partial charge in [0.1, 0.15) is 6.10 Å². The van der Waals surface area contributed by atoms with Crippen LogP contribution in [0.25, 0.3) is 0 Å². The van der Waals surface area contributed by atoms with Crippen molar-refractivity contribution in [2.45, 2.75) is 59.2 Å². The quantitative estimate of drug-likeness (QED) is 0.742. The first-order valence-electron chi connectivity index (χ1n) is 7.33. The molecule has 1 aliphatic carbocycles. The molecule has 4 heteroatoms. The van der Waals surface area contributed by atoms with E-state index in [0.717, 1.165) is 12.4 Å². The van der Waals surface area contributed by atoms with Crippen LogP contribution in [0.15, 0.2) is 0 Å². The second kappa shape index (κ2) is 8.85. The van der Waals surface area contributed by atoms with Crippen molar-refractivity contribution >= 4 is 18.2 Å². The van der Waals surface area contributed by atoms with Gasteiger partial charge in [0, 0.05) is 5.75 Å². The summed E-state index contributed by atoms with van der Waals surface area (Å²) < 4.78 is 10.3. The van der Waals surface area contributed by atoms with Gasteiger partial charge in [0.05, 0.1) is 12.0 Å². The van der Waals surface area contributed by atoms with Gasteiger partial charge in [-0.1, -0.05) is 27.2 Å². The molecule has 19 heavy (non-hydrogen) atoms. The van der Waals surface area contributed by atoms with E-state index in [0.29, 0.717) is 30.3 Å². The second-order valence-electron chi connectivity index (χ2n) is 6.06. The minimum absolute atomic E-state index is 0.168. The fraction of sp³-hybridized carbons (Fsp3) is 0.933. The van der Waals surface area contributed by atoms with Gasteiger partial charge in [-0.15, -0.1) is 11.8 Å². The first-order chi connectivity index (χ1) is 9.04. The van der Waals surface area contributed by atoms with Crippen LogP contribution in [0.5, 0.6) is 0 Å². The molecule has 1 saturated heterocycles. The van der Waals surface area contributed by atoms with Crippen molar-refractivity contribution in [3.8, 4) is 0 Å². The lowest BCUT2D eigenvalue weighted by Crippen LogP contribution is -2.33. The molecule has 1 heterocycles. The Balaban J connectivity index is 0.000000250. The highest BCUT2D eigenvalue weighted by atomic mass is 32.2. The van der Waals surface area contributed by atoms with E-state index in [-0.39, 0.29) is 6.10 Å². The molecule has 0 aromatic heterocycles. The topological polar surface area (TPSA) is 35.5 Å². The van der Waals surface area contributed by atoms with Gasteiger partial charge in [0.15, 0.2) is 0 Å². The molecule has 3 unspecified atom stereocenters. The maximum absolute atomic E-state index is 10.3. The highest BCUT2D eigenvalue weighted by Gasteiger charge is 2.31. The summed E-state index contributed by atoms with van der Waals surface area (Å²) in [6.45, 7) is 9.36. The highest BCUT2D eigenvalue weighted by Crippen LogP contribution is 2.34. The lowest BCUT2D eigenvalue weighted by molar-refractivity contribution is -0.140. The summed E-state index contributed by atoms with van der Waals surface area (Å²) in [5.74, 6) is 3.99. The van der Waals surface area contributed by atoms with Crippen molar-refractivity contribution in [1.29, 1.82) is 0 Å². The molecule has 0 bridgehead atoms. The number of carbonyl (C=O) groups is 1. The predicted octanol–water partition coefficient (Wildman–Crippen LogP) is 3.72. The molecule has 2 fully saturated rings. The summed E-state index contributed by atoms with van der Waals surface area (Å²) >= 11 is 1.86. The van der Waals surface area contributed by atoms with Crippen LogP contribution in [0.1, 0.15) is 47.0 Å². The lowest BCUT2D eigenvalue weighted by Gasteiger charge is -2.35. The summed E-state index contributed by atoms with van der Waals surface area (Å²) in [6, 6.07) is 0. The van der Waals surface area contributed by atoms with E-state index in [2.05, 4.69) is 27.7 Å². The Hall–Kier alpha value is -0.220. The van der Waals surface area contributed by atoms with Gasteiger partial charge in [0.25, 0.3) is 6.47 Å². The highest BCUT2D eigenvalue weighted by molar-refractivity contribution is 7.99. The third-order valence-electron chi connectivity index (χ3n) is 3.98. The number of hydrogen-bond acceptors (Lipinski definition) is 4. The van der Waals surface area contributed by atoms with Gasteiger partial charge in [0.2, 0.25) is 0 Å². The summed E-state index contributed by atoms with van der Waals surface area (Å²) in [4.78, 5) is 10.3. The number of carbonyl (C=O) groups excluding carboxylic acids is 1. The van der Waals surface area contributed by atoms with Crippen molar-refractivity contribution in [3.05, 3.63) is 0 Å². The fourth-order valence-corrected chi connectivity index (χ4v) is 3.62. The molecule has 0 aromatic carbocycles. The van der Waals surface area contributed by atoms with Gasteiger partial charge in [-0.2, -0.15) is 0 Å². The Morgan fingerprint density at radius 2 is 2.05 bits per heavy atom. The molecular formula is C15H28O3S. The van der Waals surface area contributed by atoms with E-state index >= 15 is 0 Å². The van der Waals surface area contributed by atoms with Crippen LogP contribution in [0.2, 0.25) is 0 Å². The summed E-state index contributed by atoms with van der Waals surface area (Å²) in [5.41, 5.74) is 0. The average molecular weight is 288 g/mol. The molecule has 0 N–H and O–H groups in total. The van der Waals surface area contributed by atoms with Crippen LogP contribution in [-0.4, -0.2) is 30.4 Å². The van der Waals surface area contributed by atoms with Crippen molar-refractivity contribution in [1.82, 2.24) is 0 Å². The van der Waals surface area contributed by atoms with Crippen molar-refractivity contribution in [2.75, 3.05) is 11.7 Å². The molecule has 1 saturated carbocycles. The Bertz CT molecular complexity index is 252. The van der Waals surface area contributed by atoms with E-state index in [1.54, 1.807) is 0 Å². The molecule has 3 nitrogen and oxygen atoms in total. The second-order valence-corrected chi connectivity index (χ2v) is 7.04. The van der Waals surface area contributed by atoms with Gasteiger partial charge in [-0.3, -0.25) is 4.79 Å². The molecule has 4 atom stereocenters. The van der Waals surface area contributed by atoms with Crippen LogP contribution in [-0.2, 0) is 14.3 Å². The molecule has 112 valence electrons. The molecule has 0 spiro atoms. The van der Waals surface area contributed by atoms with E-state index < -0.39 is 0 Å². The fourth-order valence-electron chi connectivity index (χ4n) is 2.77. The van der Waals surface area contributed by atoms with Crippen LogP contribution in [0.4, 0.5) is 0 Å². The average Bonchev–Trinajstić information content (AvgIpc) is 2.81. The summed E-state index contributed by atoms with van der Waals surface area (Å²) in [6.07, 6.45) is 4.21. The zero-order chi connectivity index (χ0) is 14.3. The van der Waals surface area contributed by atoms with E-state index in [1.807, 2.05) is 11.8 Å². The third kappa shape index (κ3) is 6.17. The molecule has 1 aliphatic heterocycles. The van der Waals surface area contributed by atoms with Crippen molar-refractivity contribution in [3.63, 3.8) is 0 Å².